The van der Waals surface area contributed by atoms with Crippen LogP contribution in [0.2, 0.25) is 5.02 Å². The Labute approximate surface area is 125 Å². The molecule has 2 nitrogen and oxygen atoms in total. The molecular formula is C15H22ClNOS. The van der Waals surface area contributed by atoms with Gasteiger partial charge in [0.1, 0.15) is 0 Å². The third-order valence-corrected chi connectivity index (χ3v) is 4.03. The molecule has 0 aromatic heterocycles. The molecule has 106 valence electrons. The Kier molecular flexibility index (Phi) is 6.73. The summed E-state index contributed by atoms with van der Waals surface area (Å²) in [6, 6.07) is 5.72. The van der Waals surface area contributed by atoms with E-state index in [-0.39, 0.29) is 11.9 Å². The van der Waals surface area contributed by atoms with Gasteiger partial charge in [0, 0.05) is 10.9 Å². The Bertz CT molecular complexity index is 434. The second-order valence-corrected chi connectivity index (χ2v) is 6.48. The lowest BCUT2D eigenvalue weighted by Crippen LogP contribution is -2.32. The van der Waals surface area contributed by atoms with Gasteiger partial charge in [0.25, 0.3) is 5.91 Å². The standard InChI is InChI=1S/C15H22ClNOS/c1-10(2)5-6-11(3)17-15(18)13-9-12(19-4)7-8-14(13)16/h7-11H,5-6H2,1-4H3,(H,17,18). The number of hydrogen-bond donors (Lipinski definition) is 1. The number of benzene rings is 1. The molecule has 0 bridgehead atoms. The van der Waals surface area contributed by atoms with E-state index in [9.17, 15) is 4.79 Å². The van der Waals surface area contributed by atoms with Crippen molar-refractivity contribution in [3.8, 4) is 0 Å². The maximum absolute atomic E-state index is 12.2. The molecule has 0 fully saturated rings. The highest BCUT2D eigenvalue weighted by Gasteiger charge is 2.14. The Morgan fingerprint density at radius 3 is 2.58 bits per heavy atom. The van der Waals surface area contributed by atoms with Gasteiger partial charge in [-0.15, -0.1) is 11.8 Å². The van der Waals surface area contributed by atoms with E-state index in [0.717, 1.165) is 17.7 Å². The van der Waals surface area contributed by atoms with Gasteiger partial charge in [-0.3, -0.25) is 4.79 Å². The van der Waals surface area contributed by atoms with Crippen LogP contribution in [0, 0.1) is 5.92 Å². The molecule has 0 aliphatic carbocycles. The van der Waals surface area contributed by atoms with Gasteiger partial charge in [0.15, 0.2) is 0 Å². The van der Waals surface area contributed by atoms with Crippen LogP contribution in [0.4, 0.5) is 0 Å². The average Bonchev–Trinajstić information content (AvgIpc) is 2.36. The molecule has 0 heterocycles. The van der Waals surface area contributed by atoms with Crippen molar-refractivity contribution in [2.24, 2.45) is 5.92 Å². The van der Waals surface area contributed by atoms with Gasteiger partial charge in [0.05, 0.1) is 10.6 Å². The minimum atomic E-state index is -0.0860. The van der Waals surface area contributed by atoms with Crippen LogP contribution in [0.3, 0.4) is 0 Å². The molecule has 1 rings (SSSR count). The Morgan fingerprint density at radius 2 is 2.00 bits per heavy atom. The third kappa shape index (κ3) is 5.45. The third-order valence-electron chi connectivity index (χ3n) is 2.97. The molecule has 1 N–H and O–H groups in total. The van der Waals surface area contributed by atoms with E-state index in [1.807, 2.05) is 25.3 Å². The summed E-state index contributed by atoms with van der Waals surface area (Å²) in [7, 11) is 0. The summed E-state index contributed by atoms with van der Waals surface area (Å²) in [5.74, 6) is 0.569. The van der Waals surface area contributed by atoms with Crippen LogP contribution in [0.1, 0.15) is 44.0 Å². The largest absolute Gasteiger partial charge is 0.350 e. The van der Waals surface area contributed by atoms with Gasteiger partial charge in [0.2, 0.25) is 0 Å². The molecule has 1 aromatic rings. The zero-order chi connectivity index (χ0) is 14.4. The summed E-state index contributed by atoms with van der Waals surface area (Å²) < 4.78 is 0. The van der Waals surface area contributed by atoms with E-state index in [1.165, 1.54) is 0 Å². The average molecular weight is 300 g/mol. The number of halogens is 1. The van der Waals surface area contributed by atoms with Crippen LogP contribution >= 0.6 is 23.4 Å². The fourth-order valence-electron chi connectivity index (χ4n) is 1.76. The predicted octanol–water partition coefficient (Wildman–Crippen LogP) is 4.62. The van der Waals surface area contributed by atoms with Gasteiger partial charge >= 0.3 is 0 Å². The molecule has 0 aliphatic rings. The number of carbonyl (C=O) groups is 1. The molecule has 0 aliphatic heterocycles. The predicted molar refractivity (Wildman–Crippen MR) is 84.2 cm³/mol. The first-order valence-corrected chi connectivity index (χ1v) is 8.18. The minimum Gasteiger partial charge on any atom is -0.350 e. The van der Waals surface area contributed by atoms with Crippen molar-refractivity contribution in [3.63, 3.8) is 0 Å². The van der Waals surface area contributed by atoms with E-state index >= 15 is 0 Å². The Hall–Kier alpha value is -0.670. The summed E-state index contributed by atoms with van der Waals surface area (Å²) in [5, 5.41) is 3.52. The first-order valence-electron chi connectivity index (χ1n) is 6.58. The summed E-state index contributed by atoms with van der Waals surface area (Å²) in [4.78, 5) is 13.2. The first kappa shape index (κ1) is 16.4. The monoisotopic (exact) mass is 299 g/mol. The molecule has 19 heavy (non-hydrogen) atoms. The SMILES string of the molecule is CSc1ccc(Cl)c(C(=O)NC(C)CCC(C)C)c1. The highest BCUT2D eigenvalue weighted by Crippen LogP contribution is 2.23. The molecule has 0 spiro atoms. The molecule has 1 amide bonds. The zero-order valence-corrected chi connectivity index (χ0v) is 13.6. The number of amides is 1. The van der Waals surface area contributed by atoms with Crippen LogP contribution in [-0.2, 0) is 0 Å². The van der Waals surface area contributed by atoms with Crippen LogP contribution < -0.4 is 5.32 Å². The van der Waals surface area contributed by atoms with E-state index in [0.29, 0.717) is 16.5 Å². The fourth-order valence-corrected chi connectivity index (χ4v) is 2.41. The van der Waals surface area contributed by atoms with E-state index < -0.39 is 0 Å². The topological polar surface area (TPSA) is 29.1 Å². The second-order valence-electron chi connectivity index (χ2n) is 5.19. The quantitative estimate of drug-likeness (QED) is 0.777. The Morgan fingerprint density at radius 1 is 1.32 bits per heavy atom. The van der Waals surface area contributed by atoms with Crippen molar-refractivity contribution in [2.75, 3.05) is 6.26 Å². The number of rotatable bonds is 6. The normalized spacial score (nSPS) is 12.5. The summed E-state index contributed by atoms with van der Waals surface area (Å²) in [6.07, 6.45) is 4.08. The molecular weight excluding hydrogens is 278 g/mol. The van der Waals surface area contributed by atoms with Crippen molar-refractivity contribution in [1.82, 2.24) is 5.32 Å². The highest BCUT2D eigenvalue weighted by molar-refractivity contribution is 7.98. The highest BCUT2D eigenvalue weighted by atomic mass is 35.5. The molecule has 1 unspecified atom stereocenters. The second kappa shape index (κ2) is 7.81. The van der Waals surface area contributed by atoms with Crippen LogP contribution in [0.25, 0.3) is 0 Å². The summed E-state index contributed by atoms with van der Waals surface area (Å²) in [5.41, 5.74) is 0.560. The molecule has 0 radical (unpaired) electrons. The van der Waals surface area contributed by atoms with Gasteiger partial charge < -0.3 is 5.32 Å². The lowest BCUT2D eigenvalue weighted by Gasteiger charge is -2.16. The molecule has 4 heteroatoms. The van der Waals surface area contributed by atoms with Gasteiger partial charge in [-0.05, 0) is 50.1 Å². The molecule has 0 saturated heterocycles. The zero-order valence-electron chi connectivity index (χ0n) is 12.0. The van der Waals surface area contributed by atoms with E-state index in [1.54, 1.807) is 17.8 Å². The molecule has 0 saturated carbocycles. The van der Waals surface area contributed by atoms with Gasteiger partial charge in [-0.25, -0.2) is 0 Å². The fraction of sp³-hybridized carbons (Fsp3) is 0.533. The lowest BCUT2D eigenvalue weighted by molar-refractivity contribution is 0.0937. The lowest BCUT2D eigenvalue weighted by atomic mass is 10.0. The smallest absolute Gasteiger partial charge is 0.253 e. The van der Waals surface area contributed by atoms with Crippen molar-refractivity contribution >= 4 is 29.3 Å². The van der Waals surface area contributed by atoms with Gasteiger partial charge in [-0.1, -0.05) is 25.4 Å². The van der Waals surface area contributed by atoms with Crippen LogP contribution in [0.5, 0.6) is 0 Å². The Balaban J connectivity index is 2.67. The maximum Gasteiger partial charge on any atom is 0.253 e. The summed E-state index contributed by atoms with van der Waals surface area (Å²) >= 11 is 7.69. The number of thioether (sulfide) groups is 1. The van der Waals surface area contributed by atoms with Gasteiger partial charge in [-0.2, -0.15) is 0 Å². The number of nitrogens with one attached hydrogen (secondary N) is 1. The van der Waals surface area contributed by atoms with Crippen molar-refractivity contribution in [3.05, 3.63) is 28.8 Å². The first-order chi connectivity index (χ1) is 8.93. The summed E-state index contributed by atoms with van der Waals surface area (Å²) in [6.45, 7) is 6.41. The number of carbonyl (C=O) groups excluding carboxylic acids is 1. The van der Waals surface area contributed by atoms with E-state index in [4.69, 9.17) is 11.6 Å². The van der Waals surface area contributed by atoms with Crippen molar-refractivity contribution in [2.45, 2.75) is 44.6 Å². The van der Waals surface area contributed by atoms with Crippen molar-refractivity contribution < 1.29 is 4.79 Å². The maximum atomic E-state index is 12.2. The molecule has 1 atom stereocenters. The molecule has 1 aromatic carbocycles. The number of hydrogen-bond acceptors (Lipinski definition) is 2. The van der Waals surface area contributed by atoms with E-state index in [2.05, 4.69) is 19.2 Å². The van der Waals surface area contributed by atoms with Crippen LogP contribution in [-0.4, -0.2) is 18.2 Å². The van der Waals surface area contributed by atoms with Crippen LogP contribution in [0.15, 0.2) is 23.1 Å². The van der Waals surface area contributed by atoms with Crippen molar-refractivity contribution in [1.29, 1.82) is 0 Å². The minimum absolute atomic E-state index is 0.0860.